The van der Waals surface area contributed by atoms with Crippen molar-refractivity contribution in [1.82, 2.24) is 0 Å². The molecule has 0 aliphatic rings. The fourth-order valence-electron chi connectivity index (χ4n) is 4.94. The molecule has 0 saturated heterocycles. The van der Waals surface area contributed by atoms with Crippen molar-refractivity contribution >= 4 is 33.2 Å². The van der Waals surface area contributed by atoms with Crippen LogP contribution >= 0.6 is 0 Å². The molecule has 2 heterocycles. The molecule has 0 saturated carbocycles. The summed E-state index contributed by atoms with van der Waals surface area (Å²) in [5.74, 6) is 0. The van der Waals surface area contributed by atoms with Gasteiger partial charge in [0, 0.05) is 51.0 Å². The Bertz CT molecular complexity index is 1220. The van der Waals surface area contributed by atoms with Crippen LogP contribution in [0.3, 0.4) is 0 Å². The van der Waals surface area contributed by atoms with E-state index in [0.717, 1.165) is 48.1 Å². The molecule has 4 N–H and O–H groups in total. The maximum atomic E-state index is 6.21. The molecule has 4 nitrogen and oxygen atoms in total. The zero-order chi connectivity index (χ0) is 23.9. The minimum atomic E-state index is 0. The van der Waals surface area contributed by atoms with Crippen molar-refractivity contribution in [2.75, 3.05) is 11.5 Å². The van der Waals surface area contributed by atoms with E-state index in [2.05, 4.69) is 95.8 Å². The van der Waals surface area contributed by atoms with Gasteiger partial charge in [-0.25, -0.2) is 0 Å². The summed E-state index contributed by atoms with van der Waals surface area (Å²) in [4.78, 5) is 0. The van der Waals surface area contributed by atoms with Gasteiger partial charge >= 0.3 is 0 Å². The number of nitrogens with zero attached hydrogens (tertiary/aromatic N) is 2. The highest BCUT2D eigenvalue weighted by Crippen LogP contribution is 2.20. The summed E-state index contributed by atoms with van der Waals surface area (Å²) < 4.78 is 4.80. The van der Waals surface area contributed by atoms with Crippen LogP contribution in [0.25, 0.3) is 21.8 Å². The first kappa shape index (κ1) is 30.3. The molecule has 4 rings (SSSR count). The van der Waals surface area contributed by atoms with Crippen LogP contribution in [0.15, 0.2) is 72.8 Å². The number of fused-ring (bicyclic) bond motifs is 2. The number of benzene rings is 2. The van der Waals surface area contributed by atoms with E-state index in [0.29, 0.717) is 0 Å². The van der Waals surface area contributed by atoms with Gasteiger partial charge < -0.3 is 59.4 Å². The largest absolute Gasteiger partial charge is 1.00 e. The van der Waals surface area contributed by atoms with Crippen molar-refractivity contribution in [1.29, 1.82) is 0 Å². The van der Waals surface area contributed by atoms with Crippen LogP contribution in [-0.4, -0.2) is 0 Å². The molecule has 2 aromatic carbocycles. The number of hydrogen-bond acceptors (Lipinski definition) is 2. The monoisotopic (exact) mass is 708 g/mol. The molecule has 0 spiro atoms. The second-order valence-electron chi connectivity index (χ2n) is 9.28. The Morgan fingerprint density at radius 3 is 1.42 bits per heavy atom. The average Bonchev–Trinajstić information content (AvgIpc) is 2.83. The van der Waals surface area contributed by atoms with Crippen molar-refractivity contribution in [3.05, 3.63) is 84.2 Å². The predicted molar refractivity (Wildman–Crippen MR) is 143 cm³/mol. The van der Waals surface area contributed by atoms with Gasteiger partial charge in [-0.2, -0.15) is 9.13 Å². The fourth-order valence-corrected chi connectivity index (χ4v) is 4.94. The van der Waals surface area contributed by atoms with Gasteiger partial charge in [-0.15, -0.1) is 0 Å². The Balaban J connectivity index is 0.00000228. The summed E-state index contributed by atoms with van der Waals surface area (Å²) in [6.45, 7) is 6.37. The third-order valence-electron chi connectivity index (χ3n) is 6.76. The molecular weight excluding hydrogens is 670 g/mol. The molecule has 0 atom stereocenters. The summed E-state index contributed by atoms with van der Waals surface area (Å²) in [6, 6.07) is 21.0. The van der Waals surface area contributed by atoms with Crippen LogP contribution in [0.1, 0.15) is 49.9 Å². The fraction of sp³-hybridized carbons (Fsp3) is 0.333. The SMILES string of the molecule is Cc1cc(N)c2ccccc2[n+]1CCCC/C=C\CCCC[n+]1c(C)cc(N)c2ccccc21.[I-].[I-]. The molecule has 36 heavy (non-hydrogen) atoms. The number of rotatable bonds is 10. The van der Waals surface area contributed by atoms with Crippen LogP contribution < -0.4 is 68.6 Å². The van der Waals surface area contributed by atoms with Gasteiger partial charge in [0.2, 0.25) is 11.0 Å². The highest BCUT2D eigenvalue weighted by molar-refractivity contribution is 5.88. The van der Waals surface area contributed by atoms with E-state index < -0.39 is 0 Å². The van der Waals surface area contributed by atoms with Gasteiger partial charge in [0.1, 0.15) is 13.1 Å². The van der Waals surface area contributed by atoms with Crippen LogP contribution in [-0.2, 0) is 13.1 Å². The summed E-state index contributed by atoms with van der Waals surface area (Å²) >= 11 is 0. The normalized spacial score (nSPS) is 11.1. The average molecular weight is 708 g/mol. The molecule has 0 unspecified atom stereocenters. The third-order valence-corrected chi connectivity index (χ3v) is 6.76. The van der Waals surface area contributed by atoms with E-state index in [1.165, 1.54) is 48.1 Å². The molecule has 0 aliphatic carbocycles. The van der Waals surface area contributed by atoms with E-state index in [9.17, 15) is 0 Å². The maximum absolute atomic E-state index is 6.21. The number of unbranched alkanes of at least 4 members (excludes halogenated alkanes) is 4. The first-order valence-corrected chi connectivity index (χ1v) is 12.6. The molecular formula is C30H38I2N4. The number of halogens is 2. The lowest BCUT2D eigenvalue weighted by atomic mass is 10.1. The molecule has 6 heteroatoms. The summed E-state index contributed by atoms with van der Waals surface area (Å²) in [6.07, 6.45) is 11.7. The summed E-state index contributed by atoms with van der Waals surface area (Å²) in [7, 11) is 0. The highest BCUT2D eigenvalue weighted by atomic mass is 127. The number of aryl methyl sites for hydroxylation is 4. The van der Waals surface area contributed by atoms with Crippen molar-refractivity contribution in [2.45, 2.75) is 65.5 Å². The Kier molecular flexibility index (Phi) is 12.4. The molecule has 4 aromatic rings. The van der Waals surface area contributed by atoms with Crippen molar-refractivity contribution in [3.63, 3.8) is 0 Å². The first-order valence-electron chi connectivity index (χ1n) is 12.6. The lowest BCUT2D eigenvalue weighted by molar-refractivity contribution is -0.678. The van der Waals surface area contributed by atoms with Gasteiger partial charge in [-0.1, -0.05) is 36.4 Å². The van der Waals surface area contributed by atoms with E-state index in [-0.39, 0.29) is 48.0 Å². The second kappa shape index (κ2) is 14.7. The molecule has 0 amide bonds. The Hall–Kier alpha value is -1.94. The van der Waals surface area contributed by atoms with Gasteiger partial charge in [-0.3, -0.25) is 0 Å². The number of anilines is 2. The molecule has 192 valence electrons. The van der Waals surface area contributed by atoms with Gasteiger partial charge in [-0.05, 0) is 37.8 Å². The predicted octanol–water partition coefficient (Wildman–Crippen LogP) is -0.0458. The standard InChI is InChI=1S/C30H36N4.2HI/c1-23-21-27(31)25-15-9-11-17-29(25)33(23)19-13-7-5-3-4-6-8-14-20-34-24(2)22-28(32)26-16-10-12-18-30(26)34;;/h3-4,9-12,15-18,21-22,31-32H,5-8,13-14,19-20H2,1-2H3;2*1H/b4-3-;;. The Morgan fingerprint density at radius 1 is 0.611 bits per heavy atom. The zero-order valence-corrected chi connectivity index (χ0v) is 25.7. The van der Waals surface area contributed by atoms with Crippen LogP contribution in [0, 0.1) is 13.8 Å². The van der Waals surface area contributed by atoms with Gasteiger partial charge in [0.15, 0.2) is 11.4 Å². The number of pyridine rings is 2. The number of aromatic nitrogens is 2. The lowest BCUT2D eigenvalue weighted by Gasteiger charge is -2.07. The molecule has 0 aliphatic heterocycles. The Labute approximate surface area is 249 Å². The van der Waals surface area contributed by atoms with Crippen LogP contribution in [0.4, 0.5) is 11.4 Å². The highest BCUT2D eigenvalue weighted by Gasteiger charge is 2.15. The number of hydrogen-bond donors (Lipinski definition) is 2. The van der Waals surface area contributed by atoms with Crippen LogP contribution in [0.5, 0.6) is 0 Å². The van der Waals surface area contributed by atoms with Crippen molar-refractivity contribution < 1.29 is 57.1 Å². The molecule has 0 fully saturated rings. The lowest BCUT2D eigenvalue weighted by Crippen LogP contribution is -3.00. The third kappa shape index (κ3) is 7.31. The van der Waals surface area contributed by atoms with Gasteiger partial charge in [0.25, 0.3) is 0 Å². The minimum Gasteiger partial charge on any atom is -1.00 e. The topological polar surface area (TPSA) is 59.8 Å². The van der Waals surface area contributed by atoms with E-state index >= 15 is 0 Å². The van der Waals surface area contributed by atoms with Crippen molar-refractivity contribution in [3.8, 4) is 0 Å². The smallest absolute Gasteiger partial charge is 0.214 e. The molecule has 0 radical (unpaired) electrons. The number of nitrogens with two attached hydrogens (primary N) is 2. The van der Waals surface area contributed by atoms with E-state index in [1.54, 1.807) is 0 Å². The zero-order valence-electron chi connectivity index (χ0n) is 21.4. The Morgan fingerprint density at radius 2 is 1.00 bits per heavy atom. The summed E-state index contributed by atoms with van der Waals surface area (Å²) in [5.41, 5.74) is 19.1. The van der Waals surface area contributed by atoms with E-state index in [4.69, 9.17) is 11.5 Å². The minimum absolute atomic E-state index is 0. The maximum Gasteiger partial charge on any atom is 0.214 e. The summed E-state index contributed by atoms with van der Waals surface area (Å²) in [5, 5.41) is 2.29. The van der Waals surface area contributed by atoms with Crippen LogP contribution in [0.2, 0.25) is 0 Å². The number of allylic oxidation sites excluding steroid dienone is 2. The molecule has 2 aromatic heterocycles. The van der Waals surface area contributed by atoms with Gasteiger partial charge in [0.05, 0.1) is 22.1 Å². The quantitative estimate of drug-likeness (QED) is 0.105. The second-order valence-corrected chi connectivity index (χ2v) is 9.28. The number of para-hydroxylation sites is 2. The van der Waals surface area contributed by atoms with Crippen molar-refractivity contribution in [2.24, 2.45) is 0 Å². The molecule has 0 bridgehead atoms. The van der Waals surface area contributed by atoms with E-state index in [1.807, 2.05) is 0 Å². The number of nitrogen functional groups attached to an aromatic ring is 2. The first-order chi connectivity index (χ1) is 16.6.